The summed E-state index contributed by atoms with van der Waals surface area (Å²) in [7, 11) is 1.78. The van der Waals surface area contributed by atoms with Crippen molar-refractivity contribution in [2.24, 2.45) is 5.92 Å². The van der Waals surface area contributed by atoms with Crippen molar-refractivity contribution in [3.8, 4) is 0 Å². The van der Waals surface area contributed by atoms with Crippen LogP contribution in [0, 0.1) is 5.92 Å². The number of benzene rings is 1. The molecule has 0 bridgehead atoms. The summed E-state index contributed by atoms with van der Waals surface area (Å²) in [5.74, 6) is -1.34. The Bertz CT molecular complexity index is 644. The fraction of sp³-hybridized carbons (Fsp3) is 0.556. The Morgan fingerprint density at radius 1 is 1.29 bits per heavy atom. The van der Waals surface area contributed by atoms with Crippen molar-refractivity contribution >= 4 is 23.5 Å². The van der Waals surface area contributed by atoms with Crippen LogP contribution in [0.25, 0.3) is 0 Å². The highest BCUT2D eigenvalue weighted by molar-refractivity contribution is 6.30. The van der Waals surface area contributed by atoms with Gasteiger partial charge in [-0.3, -0.25) is 14.5 Å². The van der Waals surface area contributed by atoms with Gasteiger partial charge in [0.2, 0.25) is 5.91 Å². The molecule has 1 aromatic carbocycles. The molecule has 3 atom stereocenters. The summed E-state index contributed by atoms with van der Waals surface area (Å²) < 4.78 is 0. The Morgan fingerprint density at radius 3 is 2.42 bits per heavy atom. The number of carbonyl (C=O) groups is 2. The van der Waals surface area contributed by atoms with E-state index in [1.807, 2.05) is 17.0 Å². The number of likely N-dealkylation sites (N-methyl/N-ethyl adjacent to an activating group) is 1. The summed E-state index contributed by atoms with van der Waals surface area (Å²) in [6.07, 6.45) is 3.46. The summed E-state index contributed by atoms with van der Waals surface area (Å²) >= 11 is 5.97. The number of hydrogen-bond donors (Lipinski definition) is 2. The van der Waals surface area contributed by atoms with E-state index in [4.69, 9.17) is 11.6 Å². The van der Waals surface area contributed by atoms with E-state index in [2.05, 4.69) is 5.32 Å². The zero-order valence-corrected chi connectivity index (χ0v) is 14.7. The van der Waals surface area contributed by atoms with E-state index in [0.717, 1.165) is 24.8 Å². The molecule has 6 heteroatoms. The molecule has 1 saturated carbocycles. The Kier molecular flexibility index (Phi) is 4.58. The van der Waals surface area contributed by atoms with Crippen molar-refractivity contribution in [3.63, 3.8) is 0 Å². The van der Waals surface area contributed by atoms with Crippen LogP contribution in [0.5, 0.6) is 0 Å². The summed E-state index contributed by atoms with van der Waals surface area (Å²) in [6.45, 7) is 1.69. The van der Waals surface area contributed by atoms with Crippen LogP contribution in [-0.2, 0) is 9.59 Å². The van der Waals surface area contributed by atoms with E-state index in [1.54, 1.807) is 26.1 Å². The van der Waals surface area contributed by atoms with Crippen molar-refractivity contribution in [1.82, 2.24) is 10.2 Å². The minimum atomic E-state index is -1.06. The number of hydrogen-bond acceptors (Lipinski definition) is 3. The molecule has 24 heavy (non-hydrogen) atoms. The minimum absolute atomic E-state index is 0.0449. The molecular weight excluding hydrogens is 328 g/mol. The lowest BCUT2D eigenvalue weighted by Crippen LogP contribution is -2.46. The number of carbonyl (C=O) groups excluding carboxylic acids is 1. The zero-order chi connectivity index (χ0) is 17.5. The molecule has 1 aliphatic heterocycles. The third-order valence-electron chi connectivity index (χ3n) is 5.65. The van der Waals surface area contributed by atoms with E-state index >= 15 is 0 Å². The standard InChI is InChI=1S/C18H23ClN2O3/c1-18(17(23)24)10-14(16(22)20-13-4-3-5-13)15(21(18)2)11-6-8-12(19)9-7-11/h6-9,13-15H,3-5,10H2,1-2H3,(H,20,22)(H,23,24)/t14-,15-,18-/m1/s1. The van der Waals surface area contributed by atoms with Crippen molar-refractivity contribution in [1.29, 1.82) is 0 Å². The SMILES string of the molecule is CN1[C@H](c2ccc(Cl)cc2)[C@H](C(=O)NC2CCC2)C[C@]1(C)C(=O)O. The highest BCUT2D eigenvalue weighted by Crippen LogP contribution is 2.46. The maximum Gasteiger partial charge on any atom is 0.323 e. The Balaban J connectivity index is 1.91. The molecule has 3 rings (SSSR count). The zero-order valence-electron chi connectivity index (χ0n) is 14.0. The molecule has 1 saturated heterocycles. The summed E-state index contributed by atoms with van der Waals surface area (Å²) in [5.41, 5.74) is -0.146. The van der Waals surface area contributed by atoms with Gasteiger partial charge >= 0.3 is 5.97 Å². The van der Waals surface area contributed by atoms with Gasteiger partial charge in [-0.05, 0) is 57.4 Å². The van der Waals surface area contributed by atoms with Gasteiger partial charge in [0.25, 0.3) is 0 Å². The van der Waals surface area contributed by atoms with Crippen molar-refractivity contribution in [2.45, 2.75) is 50.2 Å². The second-order valence-corrected chi connectivity index (χ2v) is 7.57. The summed E-state index contributed by atoms with van der Waals surface area (Å²) in [4.78, 5) is 26.4. The number of rotatable bonds is 4. The van der Waals surface area contributed by atoms with E-state index in [-0.39, 0.29) is 18.0 Å². The predicted molar refractivity (Wildman–Crippen MR) is 91.9 cm³/mol. The van der Waals surface area contributed by atoms with Gasteiger partial charge in [0.05, 0.1) is 5.92 Å². The van der Waals surface area contributed by atoms with Crippen LogP contribution in [-0.4, -0.2) is 40.5 Å². The summed E-state index contributed by atoms with van der Waals surface area (Å²) in [6, 6.07) is 7.28. The number of nitrogens with one attached hydrogen (secondary N) is 1. The van der Waals surface area contributed by atoms with Gasteiger partial charge in [0.1, 0.15) is 5.54 Å². The maximum atomic E-state index is 12.8. The first-order valence-electron chi connectivity index (χ1n) is 8.35. The van der Waals surface area contributed by atoms with Crippen LogP contribution in [0.15, 0.2) is 24.3 Å². The van der Waals surface area contributed by atoms with Crippen molar-refractivity contribution in [2.75, 3.05) is 7.05 Å². The Labute approximate surface area is 147 Å². The molecule has 0 aromatic heterocycles. The molecule has 2 N–H and O–H groups in total. The normalized spacial score (nSPS) is 30.8. The first-order chi connectivity index (χ1) is 11.3. The lowest BCUT2D eigenvalue weighted by atomic mass is 9.87. The van der Waals surface area contributed by atoms with E-state index in [0.29, 0.717) is 11.4 Å². The highest BCUT2D eigenvalue weighted by Gasteiger charge is 2.54. The van der Waals surface area contributed by atoms with Crippen LogP contribution in [0.3, 0.4) is 0 Å². The molecule has 2 aliphatic rings. The monoisotopic (exact) mass is 350 g/mol. The molecule has 0 spiro atoms. The minimum Gasteiger partial charge on any atom is -0.480 e. The third kappa shape index (κ3) is 2.91. The number of nitrogens with zero attached hydrogens (tertiary/aromatic N) is 1. The molecule has 1 aromatic rings. The molecule has 2 fully saturated rings. The maximum absolute atomic E-state index is 12.8. The average Bonchev–Trinajstić information content (AvgIpc) is 2.77. The molecule has 0 unspecified atom stereocenters. The quantitative estimate of drug-likeness (QED) is 0.876. The van der Waals surface area contributed by atoms with Gasteiger partial charge < -0.3 is 10.4 Å². The number of carboxylic acid groups (broad SMARTS) is 1. The van der Waals surface area contributed by atoms with Gasteiger partial charge in [-0.15, -0.1) is 0 Å². The van der Waals surface area contributed by atoms with Crippen LogP contribution in [0.2, 0.25) is 5.02 Å². The van der Waals surface area contributed by atoms with Gasteiger partial charge in [-0.1, -0.05) is 23.7 Å². The molecular formula is C18H23ClN2O3. The lowest BCUT2D eigenvalue weighted by Gasteiger charge is -2.32. The van der Waals surface area contributed by atoms with Crippen LogP contribution >= 0.6 is 11.6 Å². The van der Waals surface area contributed by atoms with Gasteiger partial charge in [-0.2, -0.15) is 0 Å². The molecule has 5 nitrogen and oxygen atoms in total. The largest absolute Gasteiger partial charge is 0.480 e. The van der Waals surface area contributed by atoms with Gasteiger partial charge in [-0.25, -0.2) is 0 Å². The molecule has 1 amide bonds. The van der Waals surface area contributed by atoms with Crippen LogP contribution in [0.4, 0.5) is 0 Å². The lowest BCUT2D eigenvalue weighted by molar-refractivity contribution is -0.148. The number of halogens is 1. The smallest absolute Gasteiger partial charge is 0.323 e. The number of carboxylic acids is 1. The van der Waals surface area contributed by atoms with E-state index < -0.39 is 17.4 Å². The third-order valence-corrected chi connectivity index (χ3v) is 5.91. The van der Waals surface area contributed by atoms with Gasteiger partial charge in [0.15, 0.2) is 0 Å². The predicted octanol–water partition coefficient (Wildman–Crippen LogP) is 2.84. The average molecular weight is 351 g/mol. The first-order valence-corrected chi connectivity index (χ1v) is 8.73. The molecule has 0 radical (unpaired) electrons. The fourth-order valence-electron chi connectivity index (χ4n) is 3.71. The second kappa shape index (κ2) is 6.37. The van der Waals surface area contributed by atoms with Crippen LogP contribution in [0.1, 0.15) is 44.2 Å². The number of aliphatic carboxylic acids is 1. The second-order valence-electron chi connectivity index (χ2n) is 7.13. The summed E-state index contributed by atoms with van der Waals surface area (Å²) in [5, 5.41) is 13.4. The molecule has 130 valence electrons. The van der Waals surface area contributed by atoms with E-state index in [1.165, 1.54) is 0 Å². The van der Waals surface area contributed by atoms with Gasteiger partial charge in [0, 0.05) is 17.1 Å². The number of likely N-dealkylation sites (tertiary alicyclic amines) is 1. The first kappa shape index (κ1) is 17.2. The molecule has 1 heterocycles. The topological polar surface area (TPSA) is 69.6 Å². The number of amides is 1. The van der Waals surface area contributed by atoms with Crippen molar-refractivity contribution in [3.05, 3.63) is 34.9 Å². The van der Waals surface area contributed by atoms with E-state index in [9.17, 15) is 14.7 Å². The molecule has 1 aliphatic carbocycles. The van der Waals surface area contributed by atoms with Crippen molar-refractivity contribution < 1.29 is 14.7 Å². The Morgan fingerprint density at radius 2 is 1.92 bits per heavy atom. The highest BCUT2D eigenvalue weighted by atomic mass is 35.5. The fourth-order valence-corrected chi connectivity index (χ4v) is 3.84. The Hall–Kier alpha value is -1.59. The van der Waals surface area contributed by atoms with Crippen LogP contribution < -0.4 is 5.32 Å².